The van der Waals surface area contributed by atoms with E-state index in [0.29, 0.717) is 20.9 Å². The van der Waals surface area contributed by atoms with E-state index >= 15 is 0 Å². The van der Waals surface area contributed by atoms with Crippen LogP contribution in [0.25, 0.3) is 0 Å². The van der Waals surface area contributed by atoms with Crippen LogP contribution >= 0.6 is 27.5 Å². The molecule has 106 valence electrons. The number of ether oxygens (including phenoxy) is 1. The third-order valence-corrected chi connectivity index (χ3v) is 5.22. The van der Waals surface area contributed by atoms with Crippen LogP contribution in [0.2, 0.25) is 5.02 Å². The van der Waals surface area contributed by atoms with E-state index in [4.69, 9.17) is 16.3 Å². The number of halogens is 2. The summed E-state index contributed by atoms with van der Waals surface area (Å²) in [7, 11) is -2.18. The molecule has 2 aromatic rings. The lowest BCUT2D eigenvalue weighted by Crippen LogP contribution is -2.13. The molecule has 2 aromatic carbocycles. The van der Waals surface area contributed by atoms with E-state index in [-0.39, 0.29) is 4.90 Å². The molecule has 0 aromatic heterocycles. The summed E-state index contributed by atoms with van der Waals surface area (Å²) in [6.45, 7) is 0. The van der Waals surface area contributed by atoms with E-state index in [1.807, 2.05) is 0 Å². The minimum absolute atomic E-state index is 0.159. The molecule has 0 heterocycles. The van der Waals surface area contributed by atoms with Gasteiger partial charge in [-0.25, -0.2) is 8.42 Å². The monoisotopic (exact) mass is 375 g/mol. The van der Waals surface area contributed by atoms with Gasteiger partial charge in [0, 0.05) is 4.47 Å². The highest BCUT2D eigenvalue weighted by atomic mass is 79.9. The number of anilines is 1. The van der Waals surface area contributed by atoms with Gasteiger partial charge in [0.05, 0.1) is 17.8 Å². The first-order valence-electron chi connectivity index (χ1n) is 5.55. The zero-order valence-electron chi connectivity index (χ0n) is 10.4. The Morgan fingerprint density at radius 1 is 1.20 bits per heavy atom. The second-order valence-corrected chi connectivity index (χ2v) is 6.80. The fourth-order valence-corrected chi connectivity index (χ4v) is 3.91. The van der Waals surface area contributed by atoms with Crippen LogP contribution in [0.1, 0.15) is 0 Å². The Morgan fingerprint density at radius 3 is 2.50 bits per heavy atom. The van der Waals surface area contributed by atoms with Crippen molar-refractivity contribution in [2.24, 2.45) is 0 Å². The maximum atomic E-state index is 12.3. The van der Waals surface area contributed by atoms with Crippen LogP contribution < -0.4 is 9.46 Å². The van der Waals surface area contributed by atoms with Gasteiger partial charge in [-0.15, -0.1) is 0 Å². The van der Waals surface area contributed by atoms with Gasteiger partial charge in [-0.3, -0.25) is 4.72 Å². The molecule has 0 radical (unpaired) electrons. The Morgan fingerprint density at radius 2 is 1.90 bits per heavy atom. The highest BCUT2D eigenvalue weighted by molar-refractivity contribution is 9.10. The molecule has 2 rings (SSSR count). The molecule has 7 heteroatoms. The summed E-state index contributed by atoms with van der Waals surface area (Å²) in [6.07, 6.45) is 0. The maximum absolute atomic E-state index is 12.3. The Hall–Kier alpha value is -1.24. The van der Waals surface area contributed by atoms with Crippen LogP contribution in [-0.2, 0) is 10.0 Å². The predicted octanol–water partition coefficient (Wildman–Crippen LogP) is 3.91. The fraction of sp³-hybridized carbons (Fsp3) is 0.0769. The predicted molar refractivity (Wildman–Crippen MR) is 83.0 cm³/mol. The van der Waals surface area contributed by atoms with Gasteiger partial charge in [0.25, 0.3) is 10.0 Å². The first-order valence-corrected chi connectivity index (χ1v) is 8.20. The number of rotatable bonds is 4. The lowest BCUT2D eigenvalue weighted by atomic mass is 10.3. The van der Waals surface area contributed by atoms with E-state index in [1.54, 1.807) is 30.3 Å². The van der Waals surface area contributed by atoms with Crippen LogP contribution in [0, 0.1) is 0 Å². The molecule has 0 atom stereocenters. The van der Waals surface area contributed by atoms with Crippen molar-refractivity contribution >= 4 is 43.2 Å². The summed E-state index contributed by atoms with van der Waals surface area (Å²) in [5.41, 5.74) is 0.367. The van der Waals surface area contributed by atoms with Crippen LogP contribution in [0.3, 0.4) is 0 Å². The minimum Gasteiger partial charge on any atom is -0.495 e. The van der Waals surface area contributed by atoms with Crippen molar-refractivity contribution in [3.8, 4) is 5.75 Å². The van der Waals surface area contributed by atoms with Gasteiger partial charge in [0.1, 0.15) is 10.6 Å². The van der Waals surface area contributed by atoms with E-state index in [2.05, 4.69) is 20.7 Å². The summed E-state index contributed by atoms with van der Waals surface area (Å²) in [4.78, 5) is 0.159. The molecule has 20 heavy (non-hydrogen) atoms. The molecule has 0 saturated heterocycles. The lowest BCUT2D eigenvalue weighted by molar-refractivity contribution is 0.415. The Labute approximate surface area is 130 Å². The molecule has 0 unspecified atom stereocenters. The summed E-state index contributed by atoms with van der Waals surface area (Å²) < 4.78 is 32.5. The van der Waals surface area contributed by atoms with Crippen molar-refractivity contribution in [1.82, 2.24) is 0 Å². The van der Waals surface area contributed by atoms with Crippen LogP contribution in [0.5, 0.6) is 5.75 Å². The molecule has 0 aliphatic carbocycles. The standard InChI is InChI=1S/C13H11BrClNO3S/c1-19-12-7-6-9(8-11(12)15)16-20(17,18)13-5-3-2-4-10(13)14/h2-8,16H,1H3. The summed E-state index contributed by atoms with van der Waals surface area (Å²) in [5, 5.41) is 0.333. The van der Waals surface area contributed by atoms with E-state index in [0.717, 1.165) is 0 Å². The number of benzene rings is 2. The van der Waals surface area contributed by atoms with Crippen LogP contribution in [0.4, 0.5) is 5.69 Å². The quantitative estimate of drug-likeness (QED) is 0.880. The SMILES string of the molecule is COc1ccc(NS(=O)(=O)c2ccccc2Br)cc1Cl. The second kappa shape index (κ2) is 6.03. The van der Waals surface area contributed by atoms with Crippen molar-refractivity contribution < 1.29 is 13.2 Å². The molecular formula is C13H11BrClNO3S. The van der Waals surface area contributed by atoms with Crippen molar-refractivity contribution in [2.75, 3.05) is 11.8 Å². The number of nitrogens with one attached hydrogen (secondary N) is 1. The van der Waals surface area contributed by atoms with Gasteiger partial charge in [0.2, 0.25) is 0 Å². The molecule has 0 aliphatic rings. The second-order valence-electron chi connectivity index (χ2n) is 3.89. The summed E-state index contributed by atoms with van der Waals surface area (Å²) in [6, 6.07) is 11.2. The third-order valence-electron chi connectivity index (χ3n) is 2.53. The largest absolute Gasteiger partial charge is 0.495 e. The van der Waals surface area contributed by atoms with Gasteiger partial charge in [-0.2, -0.15) is 0 Å². The van der Waals surface area contributed by atoms with Gasteiger partial charge in [-0.1, -0.05) is 23.7 Å². The van der Waals surface area contributed by atoms with Gasteiger partial charge < -0.3 is 4.74 Å². The molecule has 0 amide bonds. The Balaban J connectivity index is 2.34. The molecule has 0 fully saturated rings. The normalized spacial score (nSPS) is 11.2. The molecule has 0 bridgehead atoms. The molecule has 4 nitrogen and oxygen atoms in total. The van der Waals surface area contributed by atoms with E-state index in [1.165, 1.54) is 19.2 Å². The summed E-state index contributed by atoms with van der Waals surface area (Å²) >= 11 is 9.18. The highest BCUT2D eigenvalue weighted by Crippen LogP contribution is 2.29. The van der Waals surface area contributed by atoms with Crippen molar-refractivity contribution in [1.29, 1.82) is 0 Å². The van der Waals surface area contributed by atoms with Gasteiger partial charge >= 0.3 is 0 Å². The summed E-state index contributed by atoms with van der Waals surface area (Å²) in [5.74, 6) is 0.482. The Bertz CT molecular complexity index is 734. The minimum atomic E-state index is -3.68. The van der Waals surface area contributed by atoms with Crippen LogP contribution in [-0.4, -0.2) is 15.5 Å². The number of hydrogen-bond acceptors (Lipinski definition) is 3. The van der Waals surface area contributed by atoms with Crippen molar-refractivity contribution in [2.45, 2.75) is 4.90 Å². The van der Waals surface area contributed by atoms with E-state index < -0.39 is 10.0 Å². The zero-order valence-corrected chi connectivity index (χ0v) is 13.6. The van der Waals surface area contributed by atoms with Crippen molar-refractivity contribution in [3.05, 3.63) is 52.0 Å². The molecule has 0 spiro atoms. The fourth-order valence-electron chi connectivity index (χ4n) is 1.60. The lowest BCUT2D eigenvalue weighted by Gasteiger charge is -2.11. The smallest absolute Gasteiger partial charge is 0.263 e. The average molecular weight is 377 g/mol. The third kappa shape index (κ3) is 3.26. The molecule has 1 N–H and O–H groups in total. The van der Waals surface area contributed by atoms with Crippen LogP contribution in [0.15, 0.2) is 51.8 Å². The van der Waals surface area contributed by atoms with Gasteiger partial charge in [-0.05, 0) is 46.3 Å². The average Bonchev–Trinajstić information content (AvgIpc) is 2.38. The first kappa shape index (κ1) is 15.2. The Kier molecular flexibility index (Phi) is 4.57. The molecule has 0 saturated carbocycles. The maximum Gasteiger partial charge on any atom is 0.263 e. The highest BCUT2D eigenvalue weighted by Gasteiger charge is 2.17. The molecular weight excluding hydrogens is 366 g/mol. The van der Waals surface area contributed by atoms with E-state index in [9.17, 15) is 8.42 Å². The topological polar surface area (TPSA) is 55.4 Å². The number of hydrogen-bond donors (Lipinski definition) is 1. The number of methoxy groups -OCH3 is 1. The first-order chi connectivity index (χ1) is 9.44. The number of sulfonamides is 1. The van der Waals surface area contributed by atoms with Crippen molar-refractivity contribution in [3.63, 3.8) is 0 Å². The van der Waals surface area contributed by atoms with Gasteiger partial charge in [0.15, 0.2) is 0 Å². The zero-order chi connectivity index (χ0) is 14.8. The molecule has 0 aliphatic heterocycles.